The molecule has 6 nitrogen and oxygen atoms in total. The second-order valence-electron chi connectivity index (χ2n) is 6.71. The van der Waals surface area contributed by atoms with Crippen LogP contribution in [0.5, 0.6) is 0 Å². The summed E-state index contributed by atoms with van der Waals surface area (Å²) in [6.45, 7) is 0.527. The van der Waals surface area contributed by atoms with E-state index in [-0.39, 0.29) is 11.9 Å². The summed E-state index contributed by atoms with van der Waals surface area (Å²) in [4.78, 5) is 27.1. The number of rotatable bonds is 4. The van der Waals surface area contributed by atoms with Crippen LogP contribution in [0.1, 0.15) is 23.3 Å². The van der Waals surface area contributed by atoms with Crippen LogP contribution in [0.4, 0.5) is 0 Å². The molecule has 1 aliphatic rings. The van der Waals surface area contributed by atoms with Crippen molar-refractivity contribution in [3.05, 3.63) is 72.4 Å². The van der Waals surface area contributed by atoms with Gasteiger partial charge in [0.2, 0.25) is 0 Å². The molecular formula is C22H21N3O3. The van der Waals surface area contributed by atoms with Crippen LogP contribution in [0.2, 0.25) is 0 Å². The number of amides is 1. The summed E-state index contributed by atoms with van der Waals surface area (Å²) in [7, 11) is 1.35. The fraction of sp³-hybridized carbons (Fsp3) is 0.227. The highest BCUT2D eigenvalue weighted by atomic mass is 16.5. The number of likely N-dealkylation sites (tertiary alicyclic amines) is 1. The van der Waals surface area contributed by atoms with Gasteiger partial charge in [-0.25, -0.2) is 9.48 Å². The number of para-hydroxylation sites is 1. The quantitative estimate of drug-likeness (QED) is 0.656. The fourth-order valence-electron chi connectivity index (χ4n) is 3.59. The Morgan fingerprint density at radius 2 is 1.71 bits per heavy atom. The molecule has 0 spiro atoms. The van der Waals surface area contributed by atoms with Crippen LogP contribution < -0.4 is 0 Å². The van der Waals surface area contributed by atoms with Crippen molar-refractivity contribution in [3.63, 3.8) is 0 Å². The van der Waals surface area contributed by atoms with Gasteiger partial charge in [-0.05, 0) is 31.0 Å². The van der Waals surface area contributed by atoms with Gasteiger partial charge in [-0.3, -0.25) is 4.79 Å². The Hall–Kier alpha value is -3.41. The first-order valence-corrected chi connectivity index (χ1v) is 9.29. The summed E-state index contributed by atoms with van der Waals surface area (Å²) < 4.78 is 6.53. The van der Waals surface area contributed by atoms with Crippen molar-refractivity contribution in [3.8, 4) is 16.9 Å². The van der Waals surface area contributed by atoms with Gasteiger partial charge in [0.1, 0.15) is 11.7 Å². The minimum Gasteiger partial charge on any atom is -0.467 e. The zero-order valence-corrected chi connectivity index (χ0v) is 15.6. The summed E-state index contributed by atoms with van der Waals surface area (Å²) in [6.07, 6.45) is 1.39. The second-order valence-corrected chi connectivity index (χ2v) is 6.71. The van der Waals surface area contributed by atoms with Gasteiger partial charge in [-0.15, -0.1) is 0 Å². The number of hydrogen-bond donors (Lipinski definition) is 0. The minimum atomic E-state index is -0.545. The Kier molecular flexibility index (Phi) is 4.93. The lowest BCUT2D eigenvalue weighted by Crippen LogP contribution is -2.41. The number of methoxy groups -OCH3 is 1. The Morgan fingerprint density at radius 1 is 1.04 bits per heavy atom. The number of aromatic nitrogens is 2. The van der Waals surface area contributed by atoms with Gasteiger partial charge in [-0.1, -0.05) is 48.5 Å². The zero-order chi connectivity index (χ0) is 19.5. The van der Waals surface area contributed by atoms with Gasteiger partial charge in [0.25, 0.3) is 5.91 Å². The van der Waals surface area contributed by atoms with Crippen molar-refractivity contribution in [2.75, 3.05) is 13.7 Å². The Labute approximate surface area is 163 Å². The molecule has 4 rings (SSSR count). The first kappa shape index (κ1) is 18.0. The molecule has 142 valence electrons. The van der Waals surface area contributed by atoms with Crippen molar-refractivity contribution in [1.82, 2.24) is 14.7 Å². The van der Waals surface area contributed by atoms with Gasteiger partial charge in [0.15, 0.2) is 0 Å². The van der Waals surface area contributed by atoms with Crippen LogP contribution >= 0.6 is 0 Å². The number of carbonyl (C=O) groups is 2. The molecule has 1 amide bonds. The highest BCUT2D eigenvalue weighted by molar-refractivity contribution is 5.97. The molecule has 1 atom stereocenters. The standard InChI is InChI=1S/C22H21N3O3/c1-28-22(27)19-13-8-14-24(19)21(26)20-15-18(16-9-4-2-5-10-16)23-25(20)17-11-6-3-7-12-17/h2-7,9-12,15,19H,8,13-14H2,1H3/t19-/m0/s1. The molecule has 0 unspecified atom stereocenters. The van der Waals surface area contributed by atoms with Gasteiger partial charge in [0, 0.05) is 12.1 Å². The molecule has 1 fully saturated rings. The lowest BCUT2D eigenvalue weighted by molar-refractivity contribution is -0.145. The maximum absolute atomic E-state index is 13.4. The number of benzene rings is 2. The van der Waals surface area contributed by atoms with Gasteiger partial charge < -0.3 is 9.64 Å². The highest BCUT2D eigenvalue weighted by Crippen LogP contribution is 2.26. The predicted molar refractivity (Wildman–Crippen MR) is 105 cm³/mol. The van der Waals surface area contributed by atoms with E-state index in [0.29, 0.717) is 24.4 Å². The first-order chi connectivity index (χ1) is 13.7. The summed E-state index contributed by atoms with van der Waals surface area (Å²) >= 11 is 0. The SMILES string of the molecule is COC(=O)[C@@H]1CCCN1C(=O)c1cc(-c2ccccc2)nn1-c1ccccc1. The summed E-state index contributed by atoms with van der Waals surface area (Å²) in [5.41, 5.74) is 2.86. The van der Waals surface area contributed by atoms with E-state index in [4.69, 9.17) is 4.74 Å². The Balaban J connectivity index is 1.78. The molecule has 0 bridgehead atoms. The second kappa shape index (κ2) is 7.68. The van der Waals surface area contributed by atoms with E-state index in [1.807, 2.05) is 60.7 Å². The number of hydrogen-bond acceptors (Lipinski definition) is 4. The molecule has 0 radical (unpaired) electrons. The van der Waals surface area contributed by atoms with Gasteiger partial charge >= 0.3 is 5.97 Å². The fourth-order valence-corrected chi connectivity index (χ4v) is 3.59. The average Bonchev–Trinajstić information content (AvgIpc) is 3.42. The molecular weight excluding hydrogens is 354 g/mol. The van der Waals surface area contributed by atoms with Crippen LogP contribution in [-0.4, -0.2) is 46.3 Å². The molecule has 0 N–H and O–H groups in total. The first-order valence-electron chi connectivity index (χ1n) is 9.29. The average molecular weight is 375 g/mol. The Morgan fingerprint density at radius 3 is 2.39 bits per heavy atom. The molecule has 1 aromatic heterocycles. The minimum absolute atomic E-state index is 0.216. The number of nitrogens with zero attached hydrogens (tertiary/aromatic N) is 3. The molecule has 2 aromatic carbocycles. The third kappa shape index (κ3) is 3.29. The van der Waals surface area contributed by atoms with Gasteiger partial charge in [0.05, 0.1) is 18.5 Å². The van der Waals surface area contributed by atoms with Crippen LogP contribution in [0.3, 0.4) is 0 Å². The zero-order valence-electron chi connectivity index (χ0n) is 15.6. The summed E-state index contributed by atoms with van der Waals surface area (Å²) in [6, 6.07) is 20.5. The van der Waals surface area contributed by atoms with E-state index in [1.54, 1.807) is 15.6 Å². The van der Waals surface area contributed by atoms with Crippen molar-refractivity contribution in [1.29, 1.82) is 0 Å². The van der Waals surface area contributed by atoms with E-state index in [2.05, 4.69) is 5.10 Å². The van der Waals surface area contributed by atoms with Crippen LogP contribution in [0.15, 0.2) is 66.7 Å². The van der Waals surface area contributed by atoms with Crippen molar-refractivity contribution in [2.24, 2.45) is 0 Å². The monoisotopic (exact) mass is 375 g/mol. The summed E-state index contributed by atoms with van der Waals surface area (Å²) in [5, 5.41) is 4.69. The van der Waals surface area contributed by atoms with E-state index in [0.717, 1.165) is 17.7 Å². The molecule has 0 aliphatic carbocycles. The van der Waals surface area contributed by atoms with Crippen LogP contribution in [0, 0.1) is 0 Å². The molecule has 3 aromatic rings. The van der Waals surface area contributed by atoms with Crippen molar-refractivity contribution < 1.29 is 14.3 Å². The maximum atomic E-state index is 13.4. The van der Waals surface area contributed by atoms with Crippen LogP contribution in [0.25, 0.3) is 16.9 Å². The van der Waals surface area contributed by atoms with Crippen LogP contribution in [-0.2, 0) is 9.53 Å². The molecule has 1 saturated heterocycles. The third-order valence-corrected chi connectivity index (χ3v) is 4.99. The molecule has 2 heterocycles. The largest absolute Gasteiger partial charge is 0.467 e. The third-order valence-electron chi connectivity index (χ3n) is 4.99. The molecule has 1 aliphatic heterocycles. The number of carbonyl (C=O) groups excluding carboxylic acids is 2. The van der Waals surface area contributed by atoms with Gasteiger partial charge in [-0.2, -0.15) is 5.10 Å². The summed E-state index contributed by atoms with van der Waals surface area (Å²) in [5.74, 6) is -0.591. The topological polar surface area (TPSA) is 64.4 Å². The smallest absolute Gasteiger partial charge is 0.328 e. The maximum Gasteiger partial charge on any atom is 0.328 e. The molecule has 6 heteroatoms. The number of ether oxygens (including phenoxy) is 1. The van der Waals surface area contributed by atoms with E-state index in [9.17, 15) is 9.59 Å². The molecule has 0 saturated carbocycles. The number of esters is 1. The Bertz CT molecular complexity index is 983. The molecule has 28 heavy (non-hydrogen) atoms. The van der Waals surface area contributed by atoms with Crippen molar-refractivity contribution >= 4 is 11.9 Å². The highest BCUT2D eigenvalue weighted by Gasteiger charge is 2.36. The van der Waals surface area contributed by atoms with E-state index >= 15 is 0 Å². The van der Waals surface area contributed by atoms with Crippen molar-refractivity contribution in [2.45, 2.75) is 18.9 Å². The predicted octanol–water partition coefficient (Wildman–Crippen LogP) is 3.32. The lowest BCUT2D eigenvalue weighted by atomic mass is 10.1. The lowest BCUT2D eigenvalue weighted by Gasteiger charge is -2.22. The van der Waals surface area contributed by atoms with E-state index in [1.165, 1.54) is 7.11 Å². The van der Waals surface area contributed by atoms with E-state index < -0.39 is 6.04 Å². The normalized spacial score (nSPS) is 16.2.